The highest BCUT2D eigenvalue weighted by molar-refractivity contribution is 5.81. The highest BCUT2D eigenvalue weighted by Crippen LogP contribution is 2.08. The third kappa shape index (κ3) is 5.09. The second-order valence-corrected chi connectivity index (χ2v) is 4.35. The van der Waals surface area contributed by atoms with Crippen LogP contribution >= 0.6 is 0 Å². The van der Waals surface area contributed by atoms with Crippen molar-refractivity contribution < 1.29 is 19.4 Å². The Morgan fingerprint density at radius 2 is 1.95 bits per heavy atom. The van der Waals surface area contributed by atoms with Crippen LogP contribution in [-0.2, 0) is 20.7 Å². The number of ether oxygens (including phenoxy) is 1. The zero-order chi connectivity index (χ0) is 14.3. The third-order valence-electron chi connectivity index (χ3n) is 2.92. The summed E-state index contributed by atoms with van der Waals surface area (Å²) in [6.07, 6.45) is -0.191. The summed E-state index contributed by atoms with van der Waals surface area (Å²) in [4.78, 5) is 22.7. The molecule has 0 aliphatic heterocycles. The van der Waals surface area contributed by atoms with Crippen LogP contribution < -0.4 is 5.32 Å². The number of rotatable bonds is 7. The van der Waals surface area contributed by atoms with Gasteiger partial charge in [-0.3, -0.25) is 9.59 Å². The van der Waals surface area contributed by atoms with Gasteiger partial charge < -0.3 is 15.2 Å². The van der Waals surface area contributed by atoms with Crippen molar-refractivity contribution >= 4 is 11.9 Å². The summed E-state index contributed by atoms with van der Waals surface area (Å²) >= 11 is 0. The lowest BCUT2D eigenvalue weighted by Crippen LogP contribution is -2.39. The molecule has 1 aromatic carbocycles. The van der Waals surface area contributed by atoms with Crippen molar-refractivity contribution in [2.24, 2.45) is 5.92 Å². The van der Waals surface area contributed by atoms with Crippen molar-refractivity contribution in [1.29, 1.82) is 0 Å². The van der Waals surface area contributed by atoms with E-state index in [1.165, 1.54) is 7.11 Å². The van der Waals surface area contributed by atoms with Crippen molar-refractivity contribution in [2.75, 3.05) is 13.7 Å². The first-order valence-corrected chi connectivity index (χ1v) is 6.11. The monoisotopic (exact) mass is 265 g/mol. The molecule has 19 heavy (non-hydrogen) atoms. The topological polar surface area (TPSA) is 75.6 Å². The van der Waals surface area contributed by atoms with Gasteiger partial charge >= 0.3 is 5.97 Å². The molecule has 0 saturated carbocycles. The molecular weight excluding hydrogens is 246 g/mol. The number of aliphatic carboxylic acids is 1. The number of benzene rings is 1. The lowest BCUT2D eigenvalue weighted by molar-refractivity contribution is -0.141. The van der Waals surface area contributed by atoms with Crippen molar-refractivity contribution in [2.45, 2.75) is 19.4 Å². The molecule has 0 spiro atoms. The van der Waals surface area contributed by atoms with Gasteiger partial charge in [-0.2, -0.15) is 0 Å². The molecule has 0 heterocycles. The van der Waals surface area contributed by atoms with Gasteiger partial charge in [0.15, 0.2) is 0 Å². The highest BCUT2D eigenvalue weighted by atomic mass is 16.5. The number of nitrogens with one attached hydrogen (secondary N) is 1. The van der Waals surface area contributed by atoms with Crippen molar-refractivity contribution in [3.8, 4) is 0 Å². The molecule has 1 rings (SSSR count). The predicted molar refractivity (Wildman–Crippen MR) is 70.8 cm³/mol. The van der Waals surface area contributed by atoms with Crippen LogP contribution in [0.3, 0.4) is 0 Å². The Hall–Kier alpha value is -1.88. The van der Waals surface area contributed by atoms with Crippen LogP contribution in [-0.4, -0.2) is 36.7 Å². The Kier molecular flexibility index (Phi) is 6.02. The van der Waals surface area contributed by atoms with E-state index in [-0.39, 0.29) is 12.5 Å². The van der Waals surface area contributed by atoms with E-state index in [0.29, 0.717) is 6.42 Å². The quantitative estimate of drug-likeness (QED) is 0.773. The molecule has 0 radical (unpaired) electrons. The van der Waals surface area contributed by atoms with Crippen LogP contribution in [0, 0.1) is 5.92 Å². The van der Waals surface area contributed by atoms with Gasteiger partial charge in [0.1, 0.15) is 6.10 Å². The Bertz CT molecular complexity index is 419. The standard InChI is InChI=1S/C14H19NO4/c1-10(19-2)13(16)15-9-12(14(17)18)8-11-6-4-3-5-7-11/h3-7,10,12H,8-9H2,1-2H3,(H,15,16)(H,17,18). The predicted octanol–water partition coefficient (Wildman–Crippen LogP) is 1.08. The van der Waals surface area contributed by atoms with Crippen LogP contribution in [0.15, 0.2) is 30.3 Å². The summed E-state index contributed by atoms with van der Waals surface area (Å²) in [6, 6.07) is 9.34. The van der Waals surface area contributed by atoms with E-state index >= 15 is 0 Å². The molecule has 0 saturated heterocycles. The van der Waals surface area contributed by atoms with Crippen molar-refractivity contribution in [1.82, 2.24) is 5.32 Å². The van der Waals surface area contributed by atoms with Gasteiger partial charge in [0.05, 0.1) is 5.92 Å². The Balaban J connectivity index is 2.55. The number of carboxylic acids is 1. The number of carbonyl (C=O) groups is 2. The van der Waals surface area contributed by atoms with E-state index in [0.717, 1.165) is 5.56 Å². The van der Waals surface area contributed by atoms with Gasteiger partial charge in [0.25, 0.3) is 0 Å². The number of amides is 1. The minimum absolute atomic E-state index is 0.0940. The third-order valence-corrected chi connectivity index (χ3v) is 2.92. The molecule has 2 unspecified atom stereocenters. The maximum Gasteiger partial charge on any atom is 0.308 e. The van der Waals surface area contributed by atoms with Gasteiger partial charge in [-0.15, -0.1) is 0 Å². The van der Waals surface area contributed by atoms with E-state index in [1.807, 2.05) is 30.3 Å². The van der Waals surface area contributed by atoms with Crippen LogP contribution in [0.1, 0.15) is 12.5 Å². The van der Waals surface area contributed by atoms with Crippen LogP contribution in [0.4, 0.5) is 0 Å². The van der Waals surface area contributed by atoms with Crippen molar-refractivity contribution in [3.05, 3.63) is 35.9 Å². The van der Waals surface area contributed by atoms with Gasteiger partial charge in [-0.05, 0) is 18.9 Å². The molecule has 0 aliphatic carbocycles. The van der Waals surface area contributed by atoms with E-state index in [2.05, 4.69) is 5.32 Å². The fourth-order valence-electron chi connectivity index (χ4n) is 1.62. The molecule has 2 N–H and O–H groups in total. The van der Waals surface area contributed by atoms with E-state index in [4.69, 9.17) is 9.84 Å². The summed E-state index contributed by atoms with van der Waals surface area (Å²) in [5.74, 6) is -1.87. The van der Waals surface area contributed by atoms with Crippen LogP contribution in [0.2, 0.25) is 0 Å². The van der Waals surface area contributed by atoms with E-state index in [9.17, 15) is 9.59 Å². The Morgan fingerprint density at radius 3 is 2.47 bits per heavy atom. The second-order valence-electron chi connectivity index (χ2n) is 4.35. The van der Waals surface area contributed by atoms with Crippen LogP contribution in [0.25, 0.3) is 0 Å². The maximum absolute atomic E-state index is 11.5. The van der Waals surface area contributed by atoms with Gasteiger partial charge in [0.2, 0.25) is 5.91 Å². The smallest absolute Gasteiger partial charge is 0.308 e. The largest absolute Gasteiger partial charge is 0.481 e. The van der Waals surface area contributed by atoms with Crippen molar-refractivity contribution in [3.63, 3.8) is 0 Å². The average Bonchev–Trinajstić information content (AvgIpc) is 2.42. The fourth-order valence-corrected chi connectivity index (χ4v) is 1.62. The second kappa shape index (κ2) is 7.53. The minimum Gasteiger partial charge on any atom is -0.481 e. The molecule has 0 fully saturated rings. The summed E-state index contributed by atoms with van der Waals surface area (Å²) < 4.78 is 4.86. The van der Waals surface area contributed by atoms with E-state index in [1.54, 1.807) is 6.92 Å². The molecule has 5 nitrogen and oxygen atoms in total. The molecule has 1 aromatic rings. The lowest BCUT2D eigenvalue weighted by Gasteiger charge is -2.15. The Labute approximate surface area is 112 Å². The number of hydrogen-bond acceptors (Lipinski definition) is 3. The maximum atomic E-state index is 11.5. The molecule has 1 amide bonds. The number of carboxylic acid groups (broad SMARTS) is 1. The van der Waals surface area contributed by atoms with Crippen LogP contribution in [0.5, 0.6) is 0 Å². The summed E-state index contributed by atoms with van der Waals surface area (Å²) in [6.45, 7) is 1.71. The number of carbonyl (C=O) groups excluding carboxylic acids is 1. The molecule has 0 bridgehead atoms. The normalized spacial score (nSPS) is 13.6. The number of methoxy groups -OCH3 is 1. The Morgan fingerprint density at radius 1 is 1.32 bits per heavy atom. The average molecular weight is 265 g/mol. The van der Waals surface area contributed by atoms with Gasteiger partial charge in [-0.25, -0.2) is 0 Å². The molecule has 2 atom stereocenters. The van der Waals surface area contributed by atoms with E-state index < -0.39 is 18.0 Å². The highest BCUT2D eigenvalue weighted by Gasteiger charge is 2.20. The molecule has 0 aliphatic rings. The summed E-state index contributed by atoms with van der Waals surface area (Å²) in [5, 5.41) is 11.8. The van der Waals surface area contributed by atoms with Gasteiger partial charge in [-0.1, -0.05) is 30.3 Å². The SMILES string of the molecule is COC(C)C(=O)NCC(Cc1ccccc1)C(=O)O. The molecular formula is C14H19NO4. The molecule has 0 aromatic heterocycles. The molecule has 5 heteroatoms. The zero-order valence-electron chi connectivity index (χ0n) is 11.1. The number of hydrogen-bond donors (Lipinski definition) is 2. The van der Waals surface area contributed by atoms with Gasteiger partial charge in [0, 0.05) is 13.7 Å². The fraction of sp³-hybridized carbons (Fsp3) is 0.429. The molecule has 104 valence electrons. The first-order chi connectivity index (χ1) is 9.04. The minimum atomic E-state index is -0.922. The zero-order valence-corrected chi connectivity index (χ0v) is 11.1. The summed E-state index contributed by atoms with van der Waals surface area (Å²) in [7, 11) is 1.43. The lowest BCUT2D eigenvalue weighted by atomic mass is 9.99. The summed E-state index contributed by atoms with van der Waals surface area (Å²) in [5.41, 5.74) is 0.934. The first-order valence-electron chi connectivity index (χ1n) is 6.11. The first kappa shape index (κ1) is 15.2.